The van der Waals surface area contributed by atoms with Gasteiger partial charge in [0.15, 0.2) is 0 Å². The van der Waals surface area contributed by atoms with Crippen LogP contribution in [0.1, 0.15) is 34.2 Å². The molecule has 6 heteroatoms. The van der Waals surface area contributed by atoms with E-state index in [2.05, 4.69) is 46.6 Å². The van der Waals surface area contributed by atoms with Gasteiger partial charge in [-0.2, -0.15) is 0 Å². The summed E-state index contributed by atoms with van der Waals surface area (Å²) in [6.45, 7) is 8.12. The molecule has 0 fully saturated rings. The lowest BCUT2D eigenvalue weighted by Crippen LogP contribution is -2.05. The Morgan fingerprint density at radius 1 is 0.929 bits per heavy atom. The molecular weight excluding hydrogens is 352 g/mol. The number of rotatable bonds is 6. The van der Waals surface area contributed by atoms with Gasteiger partial charge in [0.05, 0.1) is 12.2 Å². The van der Waals surface area contributed by atoms with Crippen molar-refractivity contribution in [3.63, 3.8) is 0 Å². The summed E-state index contributed by atoms with van der Waals surface area (Å²) in [6, 6.07) is 15.1. The van der Waals surface area contributed by atoms with E-state index in [0.29, 0.717) is 23.8 Å². The minimum absolute atomic E-state index is 0.327. The number of hydrogen-bond donors (Lipinski definition) is 2. The van der Waals surface area contributed by atoms with Crippen LogP contribution in [0.3, 0.4) is 0 Å². The van der Waals surface area contributed by atoms with Crippen molar-refractivity contribution in [1.82, 2.24) is 9.97 Å². The van der Waals surface area contributed by atoms with E-state index in [1.54, 1.807) is 19.1 Å². The first-order valence-corrected chi connectivity index (χ1v) is 9.19. The lowest BCUT2D eigenvalue weighted by Gasteiger charge is -2.14. The number of para-hydroxylation sites is 1. The minimum atomic E-state index is -0.327. The maximum absolute atomic E-state index is 11.8. The van der Waals surface area contributed by atoms with E-state index in [1.165, 1.54) is 0 Å². The van der Waals surface area contributed by atoms with E-state index in [1.807, 2.05) is 31.2 Å². The highest BCUT2D eigenvalue weighted by molar-refractivity contribution is 5.89. The Bertz CT molecular complexity index is 964. The quantitative estimate of drug-likeness (QED) is 0.585. The Balaban J connectivity index is 1.79. The molecule has 0 unspecified atom stereocenters. The molecule has 1 heterocycles. The van der Waals surface area contributed by atoms with Crippen LogP contribution in [0.2, 0.25) is 0 Å². The number of aromatic nitrogens is 2. The zero-order valence-electron chi connectivity index (χ0n) is 16.5. The first-order chi connectivity index (χ1) is 13.5. The molecule has 3 aromatic rings. The Hall–Kier alpha value is -3.41. The number of aryl methyl sites for hydroxylation is 3. The topological polar surface area (TPSA) is 76.1 Å². The van der Waals surface area contributed by atoms with E-state index >= 15 is 0 Å². The lowest BCUT2D eigenvalue weighted by atomic mass is 10.1. The van der Waals surface area contributed by atoms with Crippen LogP contribution in [0.15, 0.2) is 48.5 Å². The molecular formula is C22H24N4O2. The maximum Gasteiger partial charge on any atom is 0.338 e. The fraction of sp³-hybridized carbons (Fsp3) is 0.227. The molecule has 28 heavy (non-hydrogen) atoms. The molecule has 0 aliphatic rings. The molecule has 6 nitrogen and oxygen atoms in total. The first kappa shape index (κ1) is 19.4. The largest absolute Gasteiger partial charge is 0.462 e. The average molecular weight is 376 g/mol. The summed E-state index contributed by atoms with van der Waals surface area (Å²) in [5.74, 6) is 1.72. The number of esters is 1. The summed E-state index contributed by atoms with van der Waals surface area (Å²) in [5, 5.41) is 6.65. The molecule has 3 rings (SSSR count). The van der Waals surface area contributed by atoms with Crippen LogP contribution in [0.5, 0.6) is 0 Å². The van der Waals surface area contributed by atoms with E-state index in [-0.39, 0.29) is 5.97 Å². The van der Waals surface area contributed by atoms with Crippen molar-refractivity contribution >= 4 is 29.0 Å². The molecule has 2 N–H and O–H groups in total. The van der Waals surface area contributed by atoms with Crippen LogP contribution in [0.4, 0.5) is 23.0 Å². The second kappa shape index (κ2) is 8.52. The van der Waals surface area contributed by atoms with Crippen LogP contribution in [0, 0.1) is 20.8 Å². The summed E-state index contributed by atoms with van der Waals surface area (Å²) in [7, 11) is 0. The number of hydrogen-bond acceptors (Lipinski definition) is 6. The zero-order chi connectivity index (χ0) is 20.1. The highest BCUT2D eigenvalue weighted by atomic mass is 16.5. The molecule has 0 atom stereocenters. The van der Waals surface area contributed by atoms with Gasteiger partial charge in [0.25, 0.3) is 0 Å². The van der Waals surface area contributed by atoms with Crippen molar-refractivity contribution < 1.29 is 9.53 Å². The van der Waals surface area contributed by atoms with Crippen molar-refractivity contribution in [3.8, 4) is 0 Å². The first-order valence-electron chi connectivity index (χ1n) is 9.19. The van der Waals surface area contributed by atoms with Crippen LogP contribution in [0.25, 0.3) is 0 Å². The Kier molecular flexibility index (Phi) is 5.89. The normalized spacial score (nSPS) is 10.4. The summed E-state index contributed by atoms with van der Waals surface area (Å²) in [4.78, 5) is 20.7. The van der Waals surface area contributed by atoms with Gasteiger partial charge in [-0.05, 0) is 63.1 Å². The fourth-order valence-electron chi connectivity index (χ4n) is 2.89. The van der Waals surface area contributed by atoms with Gasteiger partial charge in [-0.25, -0.2) is 14.8 Å². The highest BCUT2D eigenvalue weighted by Crippen LogP contribution is 2.25. The predicted octanol–water partition coefficient (Wildman–Crippen LogP) is 5.07. The Labute approximate surface area is 165 Å². The molecule has 0 bridgehead atoms. The standard InChI is InChI=1S/C22H24N4O2/c1-5-28-22(27)17-9-11-18(12-10-17)25-19-13-20(24-16(4)23-19)26-21-14(2)7-6-8-15(21)3/h6-13H,5H2,1-4H3,(H2,23,24,25,26). The Morgan fingerprint density at radius 2 is 1.54 bits per heavy atom. The van der Waals surface area contributed by atoms with Gasteiger partial charge in [-0.3, -0.25) is 0 Å². The highest BCUT2D eigenvalue weighted by Gasteiger charge is 2.08. The summed E-state index contributed by atoms with van der Waals surface area (Å²) in [6.07, 6.45) is 0. The predicted molar refractivity (Wildman–Crippen MR) is 112 cm³/mol. The maximum atomic E-state index is 11.8. The Morgan fingerprint density at radius 3 is 2.14 bits per heavy atom. The monoisotopic (exact) mass is 376 g/mol. The van der Waals surface area contributed by atoms with Gasteiger partial charge >= 0.3 is 5.97 Å². The van der Waals surface area contributed by atoms with E-state index < -0.39 is 0 Å². The van der Waals surface area contributed by atoms with E-state index in [9.17, 15) is 4.79 Å². The van der Waals surface area contributed by atoms with E-state index in [4.69, 9.17) is 4.74 Å². The van der Waals surface area contributed by atoms with Gasteiger partial charge < -0.3 is 15.4 Å². The van der Waals surface area contributed by atoms with Gasteiger partial charge in [0.2, 0.25) is 0 Å². The molecule has 144 valence electrons. The third-order valence-electron chi connectivity index (χ3n) is 4.24. The molecule has 0 aliphatic heterocycles. The van der Waals surface area contributed by atoms with Crippen LogP contribution >= 0.6 is 0 Å². The van der Waals surface area contributed by atoms with Crippen molar-refractivity contribution in [3.05, 3.63) is 71.0 Å². The number of nitrogens with zero attached hydrogens (tertiary/aromatic N) is 2. The van der Waals surface area contributed by atoms with Crippen LogP contribution in [-0.4, -0.2) is 22.5 Å². The molecule has 0 amide bonds. The number of anilines is 4. The van der Waals surface area contributed by atoms with Crippen molar-refractivity contribution in [1.29, 1.82) is 0 Å². The second-order valence-electron chi connectivity index (χ2n) is 6.50. The van der Waals surface area contributed by atoms with Crippen molar-refractivity contribution in [2.75, 3.05) is 17.2 Å². The molecule has 0 spiro atoms. The summed E-state index contributed by atoms with van der Waals surface area (Å²) >= 11 is 0. The van der Waals surface area contributed by atoms with Gasteiger partial charge in [-0.15, -0.1) is 0 Å². The van der Waals surface area contributed by atoms with Gasteiger partial charge in [0, 0.05) is 17.4 Å². The average Bonchev–Trinajstić information content (AvgIpc) is 2.65. The zero-order valence-corrected chi connectivity index (χ0v) is 16.5. The number of benzene rings is 2. The molecule has 0 saturated heterocycles. The number of ether oxygens (including phenoxy) is 1. The number of nitrogens with one attached hydrogen (secondary N) is 2. The minimum Gasteiger partial charge on any atom is -0.462 e. The van der Waals surface area contributed by atoms with Crippen molar-refractivity contribution in [2.24, 2.45) is 0 Å². The molecule has 1 aromatic heterocycles. The lowest BCUT2D eigenvalue weighted by molar-refractivity contribution is 0.0526. The summed E-state index contributed by atoms with van der Waals surface area (Å²) in [5.41, 5.74) is 4.69. The van der Waals surface area contributed by atoms with Crippen molar-refractivity contribution in [2.45, 2.75) is 27.7 Å². The number of carbonyl (C=O) groups excluding carboxylic acids is 1. The van der Waals surface area contributed by atoms with Crippen LogP contribution < -0.4 is 10.6 Å². The SMILES string of the molecule is CCOC(=O)c1ccc(Nc2cc(Nc3c(C)cccc3C)nc(C)n2)cc1. The van der Waals surface area contributed by atoms with Crippen LogP contribution in [-0.2, 0) is 4.74 Å². The third kappa shape index (κ3) is 4.65. The third-order valence-corrected chi connectivity index (χ3v) is 4.24. The molecule has 0 aliphatic carbocycles. The fourth-order valence-corrected chi connectivity index (χ4v) is 2.89. The smallest absolute Gasteiger partial charge is 0.338 e. The van der Waals surface area contributed by atoms with Gasteiger partial charge in [0.1, 0.15) is 17.5 Å². The van der Waals surface area contributed by atoms with Gasteiger partial charge in [-0.1, -0.05) is 18.2 Å². The van der Waals surface area contributed by atoms with E-state index in [0.717, 1.165) is 28.3 Å². The molecule has 2 aromatic carbocycles. The molecule has 0 saturated carbocycles. The number of carbonyl (C=O) groups is 1. The molecule has 0 radical (unpaired) electrons. The second-order valence-corrected chi connectivity index (χ2v) is 6.50. The summed E-state index contributed by atoms with van der Waals surface area (Å²) < 4.78 is 5.01.